The van der Waals surface area contributed by atoms with Crippen LogP contribution >= 0.6 is 0 Å². The summed E-state index contributed by atoms with van der Waals surface area (Å²) in [5.41, 5.74) is 5.98. The third kappa shape index (κ3) is 6.45. The Balaban J connectivity index is 1.97. The number of nitrogens with two attached hydrogens (primary N) is 1. The normalized spacial score (nSPS) is 19.4. The molecule has 1 aromatic rings. The number of hydrogen-bond donors (Lipinski definition) is 2. The summed E-state index contributed by atoms with van der Waals surface area (Å²) in [6.07, 6.45) is -2.58. The molecule has 0 aliphatic carbocycles. The Kier molecular flexibility index (Phi) is 6.52. The number of ether oxygens (including phenoxy) is 1. The summed E-state index contributed by atoms with van der Waals surface area (Å²) < 4.78 is 41.3. The third-order valence-electron chi connectivity index (χ3n) is 3.95. The number of likely N-dealkylation sites (tertiary alicyclic amines) is 1. The fourth-order valence-electron chi connectivity index (χ4n) is 2.98. The van der Waals surface area contributed by atoms with E-state index in [0.29, 0.717) is 18.5 Å². The molecule has 0 bridgehead atoms. The number of rotatable bonds is 6. The van der Waals surface area contributed by atoms with Crippen LogP contribution in [0.2, 0.25) is 0 Å². The SMILES string of the molecule is CC(C)CN1CCC[C@@H]1CN=C(N)Nc1ccccc1OC(F)(F)F. The molecule has 3 N–H and O–H groups in total. The zero-order chi connectivity index (χ0) is 18.4. The van der Waals surface area contributed by atoms with Crippen LogP contribution in [0.15, 0.2) is 29.3 Å². The molecule has 1 atom stereocenters. The lowest BCUT2D eigenvalue weighted by Gasteiger charge is -2.25. The van der Waals surface area contributed by atoms with Crippen LogP contribution in [0.1, 0.15) is 26.7 Å². The van der Waals surface area contributed by atoms with Gasteiger partial charge in [-0.2, -0.15) is 0 Å². The summed E-state index contributed by atoms with van der Waals surface area (Å²) in [6.45, 7) is 6.93. The Labute approximate surface area is 146 Å². The molecule has 0 radical (unpaired) electrons. The van der Waals surface area contributed by atoms with Gasteiger partial charge in [-0.05, 0) is 37.4 Å². The highest BCUT2D eigenvalue weighted by molar-refractivity contribution is 5.93. The number of anilines is 1. The lowest BCUT2D eigenvalue weighted by molar-refractivity contribution is -0.274. The lowest BCUT2D eigenvalue weighted by atomic mass is 10.2. The van der Waals surface area contributed by atoms with Crippen LogP contribution in [-0.2, 0) is 0 Å². The molecule has 25 heavy (non-hydrogen) atoms. The number of halogens is 3. The van der Waals surface area contributed by atoms with Gasteiger partial charge >= 0.3 is 6.36 Å². The van der Waals surface area contributed by atoms with E-state index in [2.05, 4.69) is 33.8 Å². The minimum Gasteiger partial charge on any atom is -0.404 e. The molecule has 1 saturated heterocycles. The zero-order valence-electron chi connectivity index (χ0n) is 14.5. The quantitative estimate of drug-likeness (QED) is 0.604. The summed E-state index contributed by atoms with van der Waals surface area (Å²) in [6, 6.07) is 6.07. The zero-order valence-corrected chi connectivity index (χ0v) is 14.5. The highest BCUT2D eigenvalue weighted by atomic mass is 19.4. The van der Waals surface area contributed by atoms with E-state index >= 15 is 0 Å². The Morgan fingerprint density at radius 1 is 1.40 bits per heavy atom. The third-order valence-corrected chi connectivity index (χ3v) is 3.95. The molecule has 0 unspecified atom stereocenters. The Hall–Kier alpha value is -1.96. The molecule has 1 aromatic carbocycles. The minimum atomic E-state index is -4.76. The van der Waals surface area contributed by atoms with Gasteiger partial charge in [-0.3, -0.25) is 9.89 Å². The van der Waals surface area contributed by atoms with Gasteiger partial charge in [-0.1, -0.05) is 26.0 Å². The van der Waals surface area contributed by atoms with Crippen molar-refractivity contribution in [3.8, 4) is 5.75 Å². The van der Waals surface area contributed by atoms with E-state index in [-0.39, 0.29) is 17.4 Å². The van der Waals surface area contributed by atoms with Crippen LogP contribution < -0.4 is 15.8 Å². The van der Waals surface area contributed by atoms with Crippen molar-refractivity contribution in [2.45, 2.75) is 39.1 Å². The van der Waals surface area contributed by atoms with E-state index in [9.17, 15) is 13.2 Å². The molecule has 0 saturated carbocycles. The maximum atomic E-state index is 12.4. The van der Waals surface area contributed by atoms with Crippen molar-refractivity contribution in [1.82, 2.24) is 4.90 Å². The van der Waals surface area contributed by atoms with Gasteiger partial charge in [0.1, 0.15) is 0 Å². The predicted molar refractivity (Wildman–Crippen MR) is 92.7 cm³/mol. The fraction of sp³-hybridized carbons (Fsp3) is 0.588. The van der Waals surface area contributed by atoms with E-state index in [1.54, 1.807) is 6.07 Å². The first-order valence-electron chi connectivity index (χ1n) is 8.40. The van der Waals surface area contributed by atoms with Crippen molar-refractivity contribution < 1.29 is 17.9 Å². The van der Waals surface area contributed by atoms with Crippen LogP contribution in [0, 0.1) is 5.92 Å². The van der Waals surface area contributed by atoms with Gasteiger partial charge in [0.2, 0.25) is 0 Å². The first kappa shape index (κ1) is 19.4. The molecular formula is C17H25F3N4O. The smallest absolute Gasteiger partial charge is 0.404 e. The number of benzene rings is 1. The molecule has 1 aliphatic rings. The van der Waals surface area contributed by atoms with Crippen LogP contribution in [-0.4, -0.2) is 42.9 Å². The van der Waals surface area contributed by atoms with Crippen molar-refractivity contribution >= 4 is 11.6 Å². The monoisotopic (exact) mass is 358 g/mol. The molecule has 140 valence electrons. The molecule has 5 nitrogen and oxygen atoms in total. The van der Waals surface area contributed by atoms with Crippen LogP contribution in [0.25, 0.3) is 0 Å². The summed E-state index contributed by atoms with van der Waals surface area (Å²) in [4.78, 5) is 6.69. The second kappa shape index (κ2) is 8.42. The van der Waals surface area contributed by atoms with E-state index < -0.39 is 6.36 Å². The van der Waals surface area contributed by atoms with Crippen molar-refractivity contribution in [2.75, 3.05) is 25.0 Å². The molecule has 1 heterocycles. The number of hydrogen-bond acceptors (Lipinski definition) is 3. The van der Waals surface area contributed by atoms with Gasteiger partial charge in [-0.15, -0.1) is 13.2 Å². The topological polar surface area (TPSA) is 62.9 Å². The van der Waals surface area contributed by atoms with Crippen molar-refractivity contribution in [3.63, 3.8) is 0 Å². The summed E-state index contributed by atoms with van der Waals surface area (Å²) in [7, 11) is 0. The van der Waals surface area contributed by atoms with Crippen LogP contribution in [0.4, 0.5) is 18.9 Å². The van der Waals surface area contributed by atoms with Gasteiger partial charge in [-0.25, -0.2) is 0 Å². The Bertz CT molecular complexity index is 590. The second-order valence-electron chi connectivity index (χ2n) is 6.58. The predicted octanol–water partition coefficient (Wildman–Crippen LogP) is 3.43. The number of guanidine groups is 1. The van der Waals surface area contributed by atoms with Crippen molar-refractivity contribution in [2.24, 2.45) is 16.6 Å². The Morgan fingerprint density at radius 3 is 2.80 bits per heavy atom. The first-order valence-corrected chi connectivity index (χ1v) is 8.40. The van der Waals surface area contributed by atoms with Crippen LogP contribution in [0.5, 0.6) is 5.75 Å². The standard InChI is InChI=1S/C17H25F3N4O/c1-12(2)11-24-9-5-6-13(24)10-22-16(21)23-14-7-3-4-8-15(14)25-17(18,19)20/h3-4,7-8,12-13H,5-6,9-11H2,1-2H3,(H3,21,22,23)/t13-/m1/s1. The van der Waals surface area contributed by atoms with Crippen molar-refractivity contribution in [3.05, 3.63) is 24.3 Å². The van der Waals surface area contributed by atoms with E-state index in [0.717, 1.165) is 25.9 Å². The van der Waals surface area contributed by atoms with E-state index in [4.69, 9.17) is 5.73 Å². The highest BCUT2D eigenvalue weighted by Gasteiger charge is 2.32. The minimum absolute atomic E-state index is 0.0784. The number of alkyl halides is 3. The second-order valence-corrected chi connectivity index (χ2v) is 6.58. The number of aliphatic imine (C=N–C) groups is 1. The van der Waals surface area contributed by atoms with Crippen LogP contribution in [0.3, 0.4) is 0 Å². The van der Waals surface area contributed by atoms with Gasteiger partial charge in [0.05, 0.1) is 12.2 Å². The summed E-state index contributed by atoms with van der Waals surface area (Å²) >= 11 is 0. The molecule has 0 aromatic heterocycles. The van der Waals surface area contributed by atoms with E-state index in [1.165, 1.54) is 18.2 Å². The number of nitrogens with zero attached hydrogens (tertiary/aromatic N) is 2. The maximum absolute atomic E-state index is 12.4. The summed E-state index contributed by atoms with van der Waals surface area (Å²) in [5.74, 6) is 0.316. The Morgan fingerprint density at radius 2 is 2.12 bits per heavy atom. The van der Waals surface area contributed by atoms with E-state index in [1.807, 2.05) is 0 Å². The molecule has 1 fully saturated rings. The highest BCUT2D eigenvalue weighted by Crippen LogP contribution is 2.29. The molecule has 2 rings (SSSR count). The first-order chi connectivity index (χ1) is 11.7. The fourth-order valence-corrected chi connectivity index (χ4v) is 2.98. The van der Waals surface area contributed by atoms with Crippen molar-refractivity contribution in [1.29, 1.82) is 0 Å². The number of para-hydroxylation sites is 2. The average molecular weight is 358 g/mol. The molecule has 0 amide bonds. The molecule has 1 aliphatic heterocycles. The average Bonchev–Trinajstić information content (AvgIpc) is 2.92. The summed E-state index contributed by atoms with van der Waals surface area (Å²) in [5, 5.41) is 2.70. The maximum Gasteiger partial charge on any atom is 0.573 e. The van der Waals surface area contributed by atoms with Gasteiger partial charge < -0.3 is 15.8 Å². The molecule has 0 spiro atoms. The van der Waals surface area contributed by atoms with Gasteiger partial charge in [0.15, 0.2) is 11.7 Å². The van der Waals surface area contributed by atoms with Gasteiger partial charge in [0, 0.05) is 12.6 Å². The molecule has 8 heteroatoms. The molecular weight excluding hydrogens is 333 g/mol. The number of nitrogens with one attached hydrogen (secondary N) is 1. The van der Waals surface area contributed by atoms with Gasteiger partial charge in [0.25, 0.3) is 0 Å². The largest absolute Gasteiger partial charge is 0.573 e. The lowest BCUT2D eigenvalue weighted by Crippen LogP contribution is -2.35.